The van der Waals surface area contributed by atoms with Crippen molar-refractivity contribution in [1.82, 2.24) is 5.43 Å². The van der Waals surface area contributed by atoms with Gasteiger partial charge in [0.05, 0.1) is 36.6 Å². The number of ether oxygens (including phenoxy) is 2. The van der Waals surface area contributed by atoms with Crippen LogP contribution in [0.3, 0.4) is 0 Å². The number of para-hydroxylation sites is 2. The Labute approximate surface area is 204 Å². The molecule has 182 valence electrons. The fourth-order valence-corrected chi connectivity index (χ4v) is 4.57. The maximum absolute atomic E-state index is 13.5. The lowest BCUT2D eigenvalue weighted by Crippen LogP contribution is -2.39. The number of esters is 1. The Morgan fingerprint density at radius 1 is 0.971 bits per heavy atom. The second-order valence-electron chi connectivity index (χ2n) is 7.40. The molecule has 0 fully saturated rings. The number of anilines is 1. The van der Waals surface area contributed by atoms with E-state index in [-0.39, 0.29) is 10.6 Å². The predicted molar refractivity (Wildman–Crippen MR) is 132 cm³/mol. The Balaban J connectivity index is 1.82. The molecule has 0 bridgehead atoms. The van der Waals surface area contributed by atoms with E-state index in [2.05, 4.69) is 15.3 Å². The van der Waals surface area contributed by atoms with Crippen LogP contribution in [0.25, 0.3) is 0 Å². The minimum absolute atomic E-state index is 0.0380. The highest BCUT2D eigenvalue weighted by molar-refractivity contribution is 7.92. The van der Waals surface area contributed by atoms with Gasteiger partial charge in [-0.25, -0.2) is 18.6 Å². The summed E-state index contributed by atoms with van der Waals surface area (Å²) in [5.41, 5.74) is 4.45. The molecule has 1 amide bonds. The van der Waals surface area contributed by atoms with E-state index in [1.54, 1.807) is 60.7 Å². The third-order valence-electron chi connectivity index (χ3n) is 4.98. The number of hydrazone groups is 1. The van der Waals surface area contributed by atoms with Crippen LogP contribution in [0.5, 0.6) is 5.75 Å². The van der Waals surface area contributed by atoms with E-state index in [4.69, 9.17) is 4.74 Å². The molecular formula is C25H25N3O6S. The van der Waals surface area contributed by atoms with Crippen LogP contribution in [0, 0.1) is 6.92 Å². The van der Waals surface area contributed by atoms with Crippen molar-refractivity contribution in [1.29, 1.82) is 0 Å². The molecule has 9 nitrogen and oxygen atoms in total. The van der Waals surface area contributed by atoms with Crippen LogP contribution in [-0.4, -0.2) is 47.3 Å². The molecule has 0 aromatic heterocycles. The van der Waals surface area contributed by atoms with Gasteiger partial charge in [-0.15, -0.1) is 0 Å². The summed E-state index contributed by atoms with van der Waals surface area (Å²) in [7, 11) is -1.38. The number of amides is 1. The Morgan fingerprint density at radius 2 is 1.63 bits per heavy atom. The van der Waals surface area contributed by atoms with Crippen LogP contribution in [0.1, 0.15) is 21.5 Å². The molecule has 0 atom stereocenters. The maximum Gasteiger partial charge on any atom is 0.337 e. The normalized spacial score (nSPS) is 11.2. The minimum atomic E-state index is -4.09. The zero-order valence-electron chi connectivity index (χ0n) is 19.5. The van der Waals surface area contributed by atoms with E-state index in [9.17, 15) is 18.0 Å². The number of hydrogen-bond donors (Lipinski definition) is 1. The molecule has 0 aliphatic carbocycles. The number of sulfonamides is 1. The van der Waals surface area contributed by atoms with Gasteiger partial charge in [0, 0.05) is 0 Å². The summed E-state index contributed by atoms with van der Waals surface area (Å²) in [5, 5.41) is 3.90. The third kappa shape index (κ3) is 6.24. The molecule has 3 rings (SSSR count). The van der Waals surface area contributed by atoms with Gasteiger partial charge in [0.1, 0.15) is 12.3 Å². The van der Waals surface area contributed by atoms with Crippen molar-refractivity contribution in [2.75, 3.05) is 25.1 Å². The Hall–Kier alpha value is -4.18. The van der Waals surface area contributed by atoms with Crippen LogP contribution in [0.15, 0.2) is 82.8 Å². The topological polar surface area (TPSA) is 114 Å². The first-order chi connectivity index (χ1) is 16.8. The van der Waals surface area contributed by atoms with E-state index >= 15 is 0 Å². The Morgan fingerprint density at radius 3 is 2.26 bits per heavy atom. The van der Waals surface area contributed by atoms with Crippen molar-refractivity contribution >= 4 is 33.8 Å². The van der Waals surface area contributed by atoms with Crippen molar-refractivity contribution in [2.45, 2.75) is 11.8 Å². The first kappa shape index (κ1) is 25.4. The molecule has 0 aliphatic heterocycles. The van der Waals surface area contributed by atoms with Crippen LogP contribution in [0.2, 0.25) is 0 Å². The van der Waals surface area contributed by atoms with E-state index < -0.39 is 28.4 Å². The monoisotopic (exact) mass is 495 g/mol. The van der Waals surface area contributed by atoms with Crippen LogP contribution in [0.4, 0.5) is 5.69 Å². The largest absolute Gasteiger partial charge is 0.495 e. The number of benzene rings is 3. The molecule has 0 saturated heterocycles. The Kier molecular flexibility index (Phi) is 8.21. The van der Waals surface area contributed by atoms with Gasteiger partial charge in [-0.05, 0) is 48.9 Å². The average Bonchev–Trinajstić information content (AvgIpc) is 2.87. The number of methoxy groups -OCH3 is 2. The molecule has 3 aromatic carbocycles. The summed E-state index contributed by atoms with van der Waals surface area (Å²) in [4.78, 5) is 24.3. The summed E-state index contributed by atoms with van der Waals surface area (Å²) >= 11 is 0. The zero-order valence-corrected chi connectivity index (χ0v) is 20.3. The zero-order chi connectivity index (χ0) is 25.4. The number of aryl methyl sites for hydroxylation is 1. The third-order valence-corrected chi connectivity index (χ3v) is 6.76. The van der Waals surface area contributed by atoms with E-state index in [1.807, 2.05) is 6.92 Å². The number of rotatable bonds is 9. The summed E-state index contributed by atoms with van der Waals surface area (Å²) < 4.78 is 37.9. The van der Waals surface area contributed by atoms with Gasteiger partial charge in [-0.1, -0.05) is 42.0 Å². The molecule has 0 unspecified atom stereocenters. The van der Waals surface area contributed by atoms with Crippen LogP contribution >= 0.6 is 0 Å². The molecule has 10 heteroatoms. The fraction of sp³-hybridized carbons (Fsp3) is 0.160. The molecule has 3 aromatic rings. The first-order valence-corrected chi connectivity index (χ1v) is 11.9. The van der Waals surface area contributed by atoms with Gasteiger partial charge in [-0.2, -0.15) is 5.10 Å². The van der Waals surface area contributed by atoms with Crippen LogP contribution < -0.4 is 14.5 Å². The highest BCUT2D eigenvalue weighted by Gasteiger charge is 2.29. The molecule has 1 N–H and O–H groups in total. The van der Waals surface area contributed by atoms with Crippen LogP contribution in [-0.2, 0) is 19.6 Å². The number of hydrogen-bond acceptors (Lipinski definition) is 7. The second-order valence-corrected chi connectivity index (χ2v) is 9.27. The molecule has 0 heterocycles. The highest BCUT2D eigenvalue weighted by Crippen LogP contribution is 2.32. The molecule has 35 heavy (non-hydrogen) atoms. The molecule has 0 aliphatic rings. The van der Waals surface area contributed by atoms with E-state index in [0.29, 0.717) is 16.9 Å². The molecule has 0 radical (unpaired) electrons. The average molecular weight is 496 g/mol. The quantitative estimate of drug-likeness (QED) is 0.277. The van der Waals surface area contributed by atoms with Gasteiger partial charge in [0.15, 0.2) is 0 Å². The predicted octanol–water partition coefficient (Wildman–Crippen LogP) is 3.14. The van der Waals surface area contributed by atoms with Crippen molar-refractivity contribution in [2.24, 2.45) is 5.10 Å². The standard InChI is InChI=1S/C25H25N3O6S/c1-18-8-14-21(15-9-18)35(31,32)28(22-6-4-5-7-23(22)33-2)17-24(29)27-26-16-19-10-12-20(13-11-19)25(30)34-3/h4-16H,17H2,1-3H3,(H,27,29)/b26-16-. The van der Waals surface area contributed by atoms with Gasteiger partial charge in [0.25, 0.3) is 15.9 Å². The SMILES string of the molecule is COC(=O)c1ccc(/C=N\NC(=O)CN(c2ccccc2OC)S(=O)(=O)c2ccc(C)cc2)cc1. The van der Waals surface area contributed by atoms with Gasteiger partial charge in [-0.3, -0.25) is 9.10 Å². The van der Waals surface area contributed by atoms with Crippen molar-refractivity contribution in [3.8, 4) is 5.75 Å². The maximum atomic E-state index is 13.5. The smallest absolute Gasteiger partial charge is 0.337 e. The minimum Gasteiger partial charge on any atom is -0.495 e. The van der Waals surface area contributed by atoms with Gasteiger partial charge >= 0.3 is 5.97 Å². The number of nitrogens with one attached hydrogen (secondary N) is 1. The van der Waals surface area contributed by atoms with Crippen molar-refractivity contribution in [3.05, 3.63) is 89.5 Å². The lowest BCUT2D eigenvalue weighted by molar-refractivity contribution is -0.119. The lowest BCUT2D eigenvalue weighted by Gasteiger charge is -2.25. The highest BCUT2D eigenvalue weighted by atomic mass is 32.2. The lowest BCUT2D eigenvalue weighted by atomic mass is 10.1. The number of carbonyl (C=O) groups is 2. The van der Waals surface area contributed by atoms with Crippen molar-refractivity contribution < 1.29 is 27.5 Å². The second kappa shape index (κ2) is 11.3. The number of nitrogens with zero attached hydrogens (tertiary/aromatic N) is 2. The number of carbonyl (C=O) groups excluding carboxylic acids is 2. The van der Waals surface area contributed by atoms with E-state index in [0.717, 1.165) is 9.87 Å². The summed E-state index contributed by atoms with van der Waals surface area (Å²) in [6, 6.07) is 19.3. The first-order valence-electron chi connectivity index (χ1n) is 10.5. The Bertz CT molecular complexity index is 1320. The molecular weight excluding hydrogens is 470 g/mol. The van der Waals surface area contributed by atoms with Gasteiger partial charge < -0.3 is 9.47 Å². The van der Waals surface area contributed by atoms with Gasteiger partial charge in [0.2, 0.25) is 0 Å². The fourth-order valence-electron chi connectivity index (χ4n) is 3.14. The van der Waals surface area contributed by atoms with Crippen molar-refractivity contribution in [3.63, 3.8) is 0 Å². The summed E-state index contributed by atoms with van der Waals surface area (Å²) in [6.45, 7) is 1.32. The summed E-state index contributed by atoms with van der Waals surface area (Å²) in [5.74, 6) is -0.827. The molecule has 0 spiro atoms. The summed E-state index contributed by atoms with van der Waals surface area (Å²) in [6.07, 6.45) is 1.38. The molecule has 0 saturated carbocycles. The van der Waals surface area contributed by atoms with E-state index in [1.165, 1.54) is 32.6 Å².